The molecule has 5 nitrogen and oxygen atoms in total. The summed E-state index contributed by atoms with van der Waals surface area (Å²) in [5, 5.41) is 4.58. The summed E-state index contributed by atoms with van der Waals surface area (Å²) >= 11 is 0. The topological polar surface area (TPSA) is 47.1 Å². The fourth-order valence-corrected chi connectivity index (χ4v) is 4.20. The van der Waals surface area contributed by atoms with E-state index in [0.29, 0.717) is 0 Å². The average Bonchev–Trinajstić information content (AvgIpc) is 3.36. The van der Waals surface area contributed by atoms with E-state index in [9.17, 15) is 0 Å². The van der Waals surface area contributed by atoms with Gasteiger partial charge in [-0.3, -0.25) is 4.90 Å². The number of benzene rings is 2. The molecule has 0 fully saturated rings. The van der Waals surface area contributed by atoms with E-state index >= 15 is 0 Å². The van der Waals surface area contributed by atoms with E-state index in [0.717, 1.165) is 43.3 Å². The Labute approximate surface area is 170 Å². The first-order valence-electron chi connectivity index (χ1n) is 10.1. The first kappa shape index (κ1) is 17.9. The van der Waals surface area contributed by atoms with Gasteiger partial charge >= 0.3 is 0 Å². The van der Waals surface area contributed by atoms with Crippen molar-refractivity contribution in [2.45, 2.75) is 25.4 Å². The van der Waals surface area contributed by atoms with Crippen LogP contribution in [0.2, 0.25) is 0 Å². The highest BCUT2D eigenvalue weighted by Gasteiger charge is 2.30. The minimum Gasteiger partial charge on any atom is -0.361 e. The van der Waals surface area contributed by atoms with E-state index in [2.05, 4.69) is 80.3 Å². The summed E-state index contributed by atoms with van der Waals surface area (Å²) in [5.74, 6) is 2.17. The maximum absolute atomic E-state index is 5.82. The molecule has 29 heavy (non-hydrogen) atoms. The van der Waals surface area contributed by atoms with Gasteiger partial charge in [0.2, 0.25) is 0 Å². The monoisotopic (exact) mass is 384 g/mol. The standard InChI is InChI=1S/C24H24N4O/c1-27-15-13-25-22(27)17-28-14-12-21-20(16-28)24(26-29-21)23(18-8-4-2-5-9-18)19-10-6-3-7-11-19/h2-11,13,15,23H,12,14,16-17H2,1H3. The van der Waals surface area contributed by atoms with E-state index in [1.54, 1.807) is 0 Å². The zero-order valence-corrected chi connectivity index (χ0v) is 16.5. The van der Waals surface area contributed by atoms with Crippen molar-refractivity contribution >= 4 is 0 Å². The minimum absolute atomic E-state index is 0.0676. The lowest BCUT2D eigenvalue weighted by molar-refractivity contribution is 0.221. The molecule has 0 unspecified atom stereocenters. The van der Waals surface area contributed by atoms with Crippen LogP contribution in [0.15, 0.2) is 77.6 Å². The van der Waals surface area contributed by atoms with E-state index in [1.165, 1.54) is 16.7 Å². The van der Waals surface area contributed by atoms with Crippen LogP contribution < -0.4 is 0 Å². The fraction of sp³-hybridized carbons (Fsp3) is 0.250. The Morgan fingerprint density at radius 3 is 2.31 bits per heavy atom. The number of nitrogens with zero attached hydrogens (tertiary/aromatic N) is 4. The summed E-state index contributed by atoms with van der Waals surface area (Å²) in [6, 6.07) is 21.2. The lowest BCUT2D eigenvalue weighted by Crippen LogP contribution is -2.31. The Morgan fingerprint density at radius 2 is 1.69 bits per heavy atom. The van der Waals surface area contributed by atoms with E-state index in [4.69, 9.17) is 4.52 Å². The van der Waals surface area contributed by atoms with Crippen molar-refractivity contribution in [1.29, 1.82) is 0 Å². The maximum Gasteiger partial charge on any atom is 0.142 e. The largest absolute Gasteiger partial charge is 0.361 e. The summed E-state index contributed by atoms with van der Waals surface area (Å²) in [6.07, 6.45) is 4.73. The molecule has 2 aromatic carbocycles. The molecule has 1 aliphatic heterocycles. The van der Waals surface area contributed by atoms with Gasteiger partial charge in [-0.2, -0.15) is 0 Å². The number of hydrogen-bond donors (Lipinski definition) is 0. The van der Waals surface area contributed by atoms with Crippen LogP contribution in [-0.4, -0.2) is 26.2 Å². The third-order valence-corrected chi connectivity index (χ3v) is 5.76. The summed E-state index contributed by atoms with van der Waals surface area (Å²) in [6.45, 7) is 2.61. The molecule has 0 radical (unpaired) electrons. The van der Waals surface area contributed by atoms with Gasteiger partial charge < -0.3 is 9.09 Å². The van der Waals surface area contributed by atoms with Gasteiger partial charge in [0.1, 0.15) is 17.3 Å². The molecule has 5 rings (SSSR count). The maximum atomic E-state index is 5.82. The molecule has 3 heterocycles. The normalized spacial score (nSPS) is 14.3. The van der Waals surface area contributed by atoms with Crippen LogP contribution in [0, 0.1) is 0 Å². The van der Waals surface area contributed by atoms with Gasteiger partial charge in [0.15, 0.2) is 0 Å². The van der Waals surface area contributed by atoms with Crippen molar-refractivity contribution in [1.82, 2.24) is 19.6 Å². The molecule has 5 heteroatoms. The summed E-state index contributed by atoms with van der Waals surface area (Å²) in [7, 11) is 2.05. The molecule has 146 valence electrons. The predicted octanol–water partition coefficient (Wildman–Crippen LogP) is 4.15. The number of aryl methyl sites for hydroxylation is 1. The van der Waals surface area contributed by atoms with Crippen molar-refractivity contribution in [3.05, 3.63) is 107 Å². The van der Waals surface area contributed by atoms with Crippen LogP contribution in [-0.2, 0) is 26.6 Å². The minimum atomic E-state index is 0.0676. The lowest BCUT2D eigenvalue weighted by Gasteiger charge is -2.27. The Kier molecular flexibility index (Phi) is 4.74. The molecule has 0 saturated heterocycles. The average molecular weight is 384 g/mol. The molecule has 1 aliphatic rings. The fourth-order valence-electron chi connectivity index (χ4n) is 4.20. The van der Waals surface area contributed by atoms with Crippen molar-refractivity contribution in [2.75, 3.05) is 6.54 Å². The van der Waals surface area contributed by atoms with E-state index in [-0.39, 0.29) is 5.92 Å². The number of imidazole rings is 1. The second-order valence-corrected chi connectivity index (χ2v) is 7.64. The highest BCUT2D eigenvalue weighted by molar-refractivity contribution is 5.44. The molecule has 0 N–H and O–H groups in total. The quantitative estimate of drug-likeness (QED) is 0.519. The molecule has 0 bridgehead atoms. The third kappa shape index (κ3) is 3.49. The Morgan fingerprint density at radius 1 is 1.00 bits per heavy atom. The van der Waals surface area contributed by atoms with Crippen LogP contribution in [0.4, 0.5) is 0 Å². The van der Waals surface area contributed by atoms with Gasteiger partial charge in [-0.05, 0) is 11.1 Å². The number of aromatic nitrogens is 3. The molecule has 0 amide bonds. The Bertz CT molecular complexity index is 1050. The van der Waals surface area contributed by atoms with Crippen LogP contribution >= 0.6 is 0 Å². The third-order valence-electron chi connectivity index (χ3n) is 5.76. The van der Waals surface area contributed by atoms with Gasteiger partial charge in [-0.15, -0.1) is 0 Å². The second kappa shape index (κ2) is 7.68. The molecular formula is C24H24N4O. The lowest BCUT2D eigenvalue weighted by atomic mass is 9.85. The highest BCUT2D eigenvalue weighted by Crippen LogP contribution is 2.36. The predicted molar refractivity (Wildman–Crippen MR) is 111 cm³/mol. The van der Waals surface area contributed by atoms with Crippen molar-refractivity contribution in [3.8, 4) is 0 Å². The van der Waals surface area contributed by atoms with Gasteiger partial charge in [-0.25, -0.2) is 4.98 Å². The molecule has 2 aromatic heterocycles. The molecule has 0 saturated carbocycles. The zero-order chi connectivity index (χ0) is 19.6. The van der Waals surface area contributed by atoms with Gasteiger partial charge in [0, 0.05) is 44.5 Å². The summed E-state index contributed by atoms with van der Waals surface area (Å²) in [4.78, 5) is 6.92. The molecule has 0 spiro atoms. The van der Waals surface area contributed by atoms with Crippen molar-refractivity contribution in [3.63, 3.8) is 0 Å². The van der Waals surface area contributed by atoms with E-state index in [1.807, 2.05) is 19.4 Å². The SMILES string of the molecule is Cn1ccnc1CN1CCc2onc(C(c3ccccc3)c3ccccc3)c2C1. The highest BCUT2D eigenvalue weighted by atomic mass is 16.5. The molecule has 0 atom stereocenters. The first-order valence-corrected chi connectivity index (χ1v) is 10.1. The summed E-state index contributed by atoms with van der Waals surface area (Å²) < 4.78 is 7.90. The smallest absolute Gasteiger partial charge is 0.142 e. The first-order chi connectivity index (χ1) is 14.3. The number of hydrogen-bond acceptors (Lipinski definition) is 4. The molecular weight excluding hydrogens is 360 g/mol. The van der Waals surface area contributed by atoms with Crippen molar-refractivity contribution in [2.24, 2.45) is 7.05 Å². The van der Waals surface area contributed by atoms with Gasteiger partial charge in [0.25, 0.3) is 0 Å². The molecule has 0 aliphatic carbocycles. The van der Waals surface area contributed by atoms with Crippen LogP contribution in [0.25, 0.3) is 0 Å². The van der Waals surface area contributed by atoms with Crippen LogP contribution in [0.1, 0.15) is 39.9 Å². The van der Waals surface area contributed by atoms with Crippen LogP contribution in [0.5, 0.6) is 0 Å². The van der Waals surface area contributed by atoms with Crippen molar-refractivity contribution < 1.29 is 4.52 Å². The van der Waals surface area contributed by atoms with Crippen LogP contribution in [0.3, 0.4) is 0 Å². The zero-order valence-electron chi connectivity index (χ0n) is 16.5. The second-order valence-electron chi connectivity index (χ2n) is 7.64. The van der Waals surface area contributed by atoms with Gasteiger partial charge in [-0.1, -0.05) is 65.8 Å². The summed E-state index contributed by atoms with van der Waals surface area (Å²) in [5.41, 5.74) is 4.72. The van der Waals surface area contributed by atoms with E-state index < -0.39 is 0 Å². The number of rotatable bonds is 5. The Balaban J connectivity index is 1.51. The number of fused-ring (bicyclic) bond motifs is 1. The van der Waals surface area contributed by atoms with Gasteiger partial charge in [0.05, 0.1) is 12.5 Å². The Hall–Kier alpha value is -3.18. The molecule has 4 aromatic rings.